The summed E-state index contributed by atoms with van der Waals surface area (Å²) in [6.45, 7) is 7.22. The van der Waals surface area contributed by atoms with Gasteiger partial charge in [-0.2, -0.15) is 0 Å². The van der Waals surface area contributed by atoms with Crippen LogP contribution in [0.25, 0.3) is 11.0 Å². The Kier molecular flexibility index (Phi) is 5.24. The summed E-state index contributed by atoms with van der Waals surface area (Å²) in [5.41, 5.74) is 0.860. The lowest BCUT2D eigenvalue weighted by atomic mass is 9.97. The van der Waals surface area contributed by atoms with Gasteiger partial charge in [0.05, 0.1) is 30.2 Å². The number of nitrogens with one attached hydrogen (secondary N) is 1. The molecule has 0 radical (unpaired) electrons. The Morgan fingerprint density at radius 1 is 1.20 bits per heavy atom. The number of H-pyrrole nitrogens is 1. The summed E-state index contributed by atoms with van der Waals surface area (Å²) in [6.07, 6.45) is 6.57. The Morgan fingerprint density at radius 2 is 2.03 bits per heavy atom. The van der Waals surface area contributed by atoms with E-state index in [1.807, 2.05) is 18.0 Å². The molecule has 0 saturated carbocycles. The van der Waals surface area contributed by atoms with Crippen molar-refractivity contribution in [2.24, 2.45) is 0 Å². The number of nitrogens with zero attached hydrogens (tertiary/aromatic N) is 6. The fraction of sp³-hybridized carbons (Fsp3) is 0.667. The van der Waals surface area contributed by atoms with Gasteiger partial charge in [0, 0.05) is 45.3 Å². The topological polar surface area (TPSA) is 80.8 Å². The third-order valence-corrected chi connectivity index (χ3v) is 6.91. The van der Waals surface area contributed by atoms with Gasteiger partial charge in [0.2, 0.25) is 0 Å². The average molecular weight is 414 g/mol. The number of piperazine rings is 1. The summed E-state index contributed by atoms with van der Waals surface area (Å²) >= 11 is 0. The van der Waals surface area contributed by atoms with Gasteiger partial charge in [-0.15, -0.1) is 0 Å². The molecule has 3 atom stereocenters. The number of carbonyl (C=O) groups excluding carboxylic acids is 1. The zero-order valence-electron chi connectivity index (χ0n) is 17.8. The molecule has 0 spiro atoms. The highest BCUT2D eigenvalue weighted by Crippen LogP contribution is 2.41. The molecule has 30 heavy (non-hydrogen) atoms. The monoisotopic (exact) mass is 413 g/mol. The first-order valence-corrected chi connectivity index (χ1v) is 11.1. The molecule has 9 nitrogen and oxygen atoms in total. The van der Waals surface area contributed by atoms with Gasteiger partial charge in [-0.05, 0) is 32.9 Å². The number of hydrogen-bond donors (Lipinski definition) is 1. The molecule has 3 fully saturated rings. The summed E-state index contributed by atoms with van der Waals surface area (Å²) in [6, 6.07) is 2.44. The maximum Gasteiger partial charge on any atom is 0.410 e. The second kappa shape index (κ2) is 8.03. The van der Waals surface area contributed by atoms with Gasteiger partial charge in [-0.1, -0.05) is 0 Å². The van der Waals surface area contributed by atoms with Crippen molar-refractivity contribution in [2.45, 2.75) is 44.4 Å². The van der Waals surface area contributed by atoms with E-state index < -0.39 is 0 Å². The smallest absolute Gasteiger partial charge is 0.410 e. The number of likely N-dealkylation sites (N-methyl/N-ethyl adjacent to an activating group) is 1. The molecule has 9 heteroatoms. The number of piperidine rings is 1. The zero-order valence-corrected chi connectivity index (χ0v) is 17.8. The Labute approximate surface area is 177 Å². The van der Waals surface area contributed by atoms with Crippen molar-refractivity contribution >= 4 is 22.9 Å². The molecule has 162 valence electrons. The van der Waals surface area contributed by atoms with Crippen LogP contribution in [0.5, 0.6) is 0 Å². The lowest BCUT2D eigenvalue weighted by molar-refractivity contribution is 0.0723. The van der Waals surface area contributed by atoms with Crippen molar-refractivity contribution in [3.05, 3.63) is 18.6 Å². The quantitative estimate of drug-likeness (QED) is 0.821. The number of fused-ring (bicyclic) bond motifs is 2. The van der Waals surface area contributed by atoms with Crippen LogP contribution >= 0.6 is 0 Å². The molecule has 2 aromatic rings. The average Bonchev–Trinajstić information content (AvgIpc) is 3.39. The van der Waals surface area contributed by atoms with Gasteiger partial charge >= 0.3 is 6.09 Å². The van der Waals surface area contributed by atoms with E-state index in [1.165, 1.54) is 0 Å². The standard InChI is InChI=1S/C21H31N7O2/c1-3-30-21(29)27-8-4-5-16-17(27)13-18(26-11-9-25(2)10-12-26)28(16)20-15-6-7-22-19(15)23-14-24-20/h6-7,14,16-18H,3-5,8-13H2,1-2H3,(H,22,23,24)/t16-,17-,18?/m1/s1. The lowest BCUT2D eigenvalue weighted by Crippen LogP contribution is -2.56. The minimum absolute atomic E-state index is 0.145. The molecule has 0 bridgehead atoms. The molecule has 0 aromatic carbocycles. The number of rotatable bonds is 3. The number of amides is 1. The van der Waals surface area contributed by atoms with E-state index in [4.69, 9.17) is 9.72 Å². The van der Waals surface area contributed by atoms with Crippen LogP contribution < -0.4 is 4.90 Å². The predicted octanol–water partition coefficient (Wildman–Crippen LogP) is 1.73. The summed E-state index contributed by atoms with van der Waals surface area (Å²) in [7, 11) is 2.18. The van der Waals surface area contributed by atoms with Gasteiger partial charge in [0.25, 0.3) is 0 Å². The fourth-order valence-electron chi connectivity index (χ4n) is 5.44. The van der Waals surface area contributed by atoms with Gasteiger partial charge in [-0.25, -0.2) is 14.8 Å². The first kappa shape index (κ1) is 19.6. The van der Waals surface area contributed by atoms with Crippen LogP contribution in [0.1, 0.15) is 26.2 Å². The van der Waals surface area contributed by atoms with E-state index in [9.17, 15) is 4.79 Å². The van der Waals surface area contributed by atoms with Crippen molar-refractivity contribution in [1.82, 2.24) is 29.7 Å². The highest BCUT2D eigenvalue weighted by Gasteiger charge is 2.50. The van der Waals surface area contributed by atoms with Crippen LogP contribution in [0.3, 0.4) is 0 Å². The van der Waals surface area contributed by atoms with E-state index in [1.54, 1.807) is 6.33 Å². The molecule has 1 N–H and O–H groups in total. The number of hydrogen-bond acceptors (Lipinski definition) is 7. The Balaban J connectivity index is 1.53. The summed E-state index contributed by atoms with van der Waals surface area (Å²) in [5.74, 6) is 0.975. The minimum atomic E-state index is -0.180. The molecule has 3 saturated heterocycles. The lowest BCUT2D eigenvalue weighted by Gasteiger charge is -2.43. The molecule has 3 aliphatic heterocycles. The van der Waals surface area contributed by atoms with Gasteiger partial charge in [0.15, 0.2) is 0 Å². The van der Waals surface area contributed by atoms with Crippen LogP contribution in [-0.2, 0) is 4.74 Å². The Morgan fingerprint density at radius 3 is 2.83 bits per heavy atom. The maximum absolute atomic E-state index is 12.7. The first-order chi connectivity index (χ1) is 14.7. The molecule has 3 aliphatic rings. The van der Waals surface area contributed by atoms with Gasteiger partial charge < -0.3 is 24.4 Å². The molecular formula is C21H31N7O2. The van der Waals surface area contributed by atoms with Crippen molar-refractivity contribution in [1.29, 1.82) is 0 Å². The first-order valence-electron chi connectivity index (χ1n) is 11.1. The van der Waals surface area contributed by atoms with Gasteiger partial charge in [-0.3, -0.25) is 4.90 Å². The van der Waals surface area contributed by atoms with E-state index in [0.717, 1.165) is 68.8 Å². The zero-order chi connectivity index (χ0) is 20.7. The Hall–Kier alpha value is -2.39. The van der Waals surface area contributed by atoms with Crippen LogP contribution in [0.15, 0.2) is 18.6 Å². The van der Waals surface area contributed by atoms with E-state index in [2.05, 4.69) is 37.8 Å². The summed E-state index contributed by atoms with van der Waals surface area (Å²) in [5, 5.41) is 1.05. The number of aromatic nitrogens is 3. The van der Waals surface area contributed by atoms with Crippen LogP contribution in [0.4, 0.5) is 10.6 Å². The van der Waals surface area contributed by atoms with Crippen LogP contribution in [-0.4, -0.2) is 100 Å². The van der Waals surface area contributed by atoms with Crippen LogP contribution in [0, 0.1) is 0 Å². The molecule has 2 aromatic heterocycles. The highest BCUT2D eigenvalue weighted by atomic mass is 16.6. The predicted molar refractivity (Wildman–Crippen MR) is 114 cm³/mol. The van der Waals surface area contributed by atoms with Gasteiger partial charge in [0.1, 0.15) is 17.8 Å². The molecule has 1 unspecified atom stereocenters. The fourth-order valence-corrected chi connectivity index (χ4v) is 5.44. The Bertz CT molecular complexity index is 894. The third kappa shape index (κ3) is 3.30. The van der Waals surface area contributed by atoms with E-state index >= 15 is 0 Å². The number of anilines is 1. The number of likely N-dealkylation sites (tertiary alicyclic amines) is 1. The molecule has 0 aliphatic carbocycles. The summed E-state index contributed by atoms with van der Waals surface area (Å²) in [4.78, 5) is 34.5. The van der Waals surface area contributed by atoms with E-state index in [0.29, 0.717) is 6.61 Å². The second-order valence-corrected chi connectivity index (χ2v) is 8.57. The molecule has 5 rings (SSSR count). The largest absolute Gasteiger partial charge is 0.450 e. The molecular weight excluding hydrogens is 382 g/mol. The van der Waals surface area contributed by atoms with Crippen molar-refractivity contribution in [3.8, 4) is 0 Å². The number of ether oxygens (including phenoxy) is 1. The van der Waals surface area contributed by atoms with Crippen molar-refractivity contribution in [3.63, 3.8) is 0 Å². The maximum atomic E-state index is 12.7. The third-order valence-electron chi connectivity index (χ3n) is 6.91. The minimum Gasteiger partial charge on any atom is -0.450 e. The van der Waals surface area contributed by atoms with Crippen molar-refractivity contribution in [2.75, 3.05) is 51.3 Å². The highest BCUT2D eigenvalue weighted by molar-refractivity contribution is 5.87. The number of carbonyl (C=O) groups is 1. The second-order valence-electron chi connectivity index (χ2n) is 8.57. The van der Waals surface area contributed by atoms with Crippen molar-refractivity contribution < 1.29 is 9.53 Å². The molecule has 5 heterocycles. The number of aromatic amines is 1. The normalized spacial score (nSPS) is 28.1. The van der Waals surface area contributed by atoms with Crippen LogP contribution in [0.2, 0.25) is 0 Å². The SMILES string of the molecule is CCOC(=O)N1CCC[C@@H]2[C@H]1CC(N1CCN(C)CC1)N2c1ncnc2[nH]ccc12. The molecule has 1 amide bonds. The van der Waals surface area contributed by atoms with E-state index in [-0.39, 0.29) is 24.3 Å². The summed E-state index contributed by atoms with van der Waals surface area (Å²) < 4.78 is 5.40.